The van der Waals surface area contributed by atoms with Crippen molar-refractivity contribution in [2.75, 3.05) is 0 Å². The van der Waals surface area contributed by atoms with Gasteiger partial charge in [-0.05, 0) is 22.9 Å². The summed E-state index contributed by atoms with van der Waals surface area (Å²) in [4.78, 5) is 0. The number of nitrogens with zero attached hydrogens (tertiary/aromatic N) is 2. The molecule has 0 unspecified atom stereocenters. The van der Waals surface area contributed by atoms with Crippen LogP contribution in [0, 0.1) is 13.8 Å². The largest absolute Gasteiger partial charge is 1.00 e. The molecule has 0 fully saturated rings. The van der Waals surface area contributed by atoms with Gasteiger partial charge in [-0.2, -0.15) is 0 Å². The molecule has 2 aromatic carbocycles. The monoisotopic (exact) mass is 421 g/mol. The molecule has 0 N–H and O–H groups in total. The molecule has 4 aromatic rings. The zero-order chi connectivity index (χ0) is 17.9. The number of rotatable bonds is 5. The van der Waals surface area contributed by atoms with Gasteiger partial charge < -0.3 is 17.0 Å². The number of fused-ring (bicyclic) bond motifs is 2. The van der Waals surface area contributed by atoms with Crippen LogP contribution < -0.4 is 26.1 Å². The van der Waals surface area contributed by atoms with Gasteiger partial charge in [0.15, 0.2) is 23.8 Å². The molecular formula is C24H26BrN2+. The van der Waals surface area contributed by atoms with Crippen LogP contribution in [0.5, 0.6) is 0 Å². The molecule has 0 aliphatic carbocycles. The number of aryl methyl sites for hydroxylation is 4. The van der Waals surface area contributed by atoms with E-state index in [1.165, 1.54) is 45.8 Å². The van der Waals surface area contributed by atoms with E-state index in [0.29, 0.717) is 0 Å². The molecule has 138 valence electrons. The van der Waals surface area contributed by atoms with Crippen LogP contribution in [0.4, 0.5) is 0 Å². The minimum Gasteiger partial charge on any atom is -1.00 e. The second kappa shape index (κ2) is 8.62. The highest BCUT2D eigenvalue weighted by atomic mass is 79.9. The van der Waals surface area contributed by atoms with Crippen molar-refractivity contribution in [1.29, 1.82) is 0 Å². The zero-order valence-corrected chi connectivity index (χ0v) is 17.6. The van der Waals surface area contributed by atoms with Crippen molar-refractivity contribution in [3.8, 4) is 0 Å². The lowest BCUT2D eigenvalue weighted by atomic mass is 10.1. The summed E-state index contributed by atoms with van der Waals surface area (Å²) in [7, 11) is 0. The van der Waals surface area contributed by atoms with Crippen molar-refractivity contribution >= 4 is 21.5 Å². The number of unbranched alkanes of at least 4 members (excludes halogenated alkanes) is 1. The summed E-state index contributed by atoms with van der Waals surface area (Å²) in [6.45, 7) is 6.55. The normalized spacial score (nSPS) is 10.9. The smallest absolute Gasteiger partial charge is 0.178 e. The maximum Gasteiger partial charge on any atom is 0.178 e. The van der Waals surface area contributed by atoms with Crippen LogP contribution in [-0.2, 0) is 13.1 Å². The third-order valence-corrected chi connectivity index (χ3v) is 5.26. The Morgan fingerprint density at radius 2 is 0.963 bits per heavy atom. The summed E-state index contributed by atoms with van der Waals surface area (Å²) in [5.41, 5.74) is 2.66. The number of hydrogen-bond acceptors (Lipinski definition) is 0. The van der Waals surface area contributed by atoms with Crippen LogP contribution in [0.1, 0.15) is 24.2 Å². The molecule has 2 heterocycles. The SMILES string of the molecule is Cc1cc2ccccc2c[n+]1CCCC[n+]1cc2ccccc2cc1C.[Br-]. The molecule has 2 nitrogen and oxygen atoms in total. The van der Waals surface area contributed by atoms with Crippen molar-refractivity contribution in [2.45, 2.75) is 39.8 Å². The molecule has 0 atom stereocenters. The van der Waals surface area contributed by atoms with Crippen molar-refractivity contribution in [3.05, 3.63) is 84.4 Å². The van der Waals surface area contributed by atoms with Crippen LogP contribution >= 0.6 is 0 Å². The first-order chi connectivity index (χ1) is 12.7. The summed E-state index contributed by atoms with van der Waals surface area (Å²) < 4.78 is 4.78. The number of hydrogen-bond donors (Lipinski definition) is 0. The van der Waals surface area contributed by atoms with Gasteiger partial charge >= 0.3 is 0 Å². The molecule has 3 heteroatoms. The van der Waals surface area contributed by atoms with E-state index in [2.05, 4.69) is 96.0 Å². The van der Waals surface area contributed by atoms with E-state index >= 15 is 0 Å². The third kappa shape index (κ3) is 4.36. The summed E-state index contributed by atoms with van der Waals surface area (Å²) in [5, 5.41) is 5.28. The molecule has 0 aliphatic rings. The Labute approximate surface area is 171 Å². The molecule has 0 saturated carbocycles. The summed E-state index contributed by atoms with van der Waals surface area (Å²) >= 11 is 0. The number of pyridine rings is 2. The van der Waals surface area contributed by atoms with E-state index in [1.54, 1.807) is 0 Å². The maximum absolute atomic E-state index is 2.39. The first kappa shape index (κ1) is 19.5. The molecule has 0 amide bonds. The van der Waals surface area contributed by atoms with Gasteiger partial charge in [0.05, 0.1) is 0 Å². The fourth-order valence-electron chi connectivity index (χ4n) is 3.72. The van der Waals surface area contributed by atoms with Crippen molar-refractivity contribution in [3.63, 3.8) is 0 Å². The lowest BCUT2D eigenvalue weighted by Crippen LogP contribution is -3.00. The minimum atomic E-state index is 0. The summed E-state index contributed by atoms with van der Waals surface area (Å²) in [6, 6.07) is 21.8. The molecular weight excluding hydrogens is 396 g/mol. The Bertz CT molecular complexity index is 985. The van der Waals surface area contributed by atoms with Gasteiger partial charge in [0.25, 0.3) is 0 Å². The topological polar surface area (TPSA) is 7.76 Å². The summed E-state index contributed by atoms with van der Waals surface area (Å²) in [6.07, 6.45) is 6.95. The molecule has 0 saturated heterocycles. The van der Waals surface area contributed by atoms with E-state index in [-0.39, 0.29) is 17.0 Å². The van der Waals surface area contributed by atoms with E-state index < -0.39 is 0 Å². The summed E-state index contributed by atoms with van der Waals surface area (Å²) in [5.74, 6) is 0. The quantitative estimate of drug-likeness (QED) is 0.342. The Balaban J connectivity index is 0.00000210. The van der Waals surface area contributed by atoms with Crippen LogP contribution in [-0.4, -0.2) is 0 Å². The molecule has 27 heavy (non-hydrogen) atoms. The fourth-order valence-corrected chi connectivity index (χ4v) is 3.72. The predicted octanol–water partition coefficient (Wildman–Crippen LogP) is 1.67. The van der Waals surface area contributed by atoms with Crippen molar-refractivity contribution < 1.29 is 26.1 Å². The highest BCUT2D eigenvalue weighted by Gasteiger charge is 2.11. The lowest BCUT2D eigenvalue weighted by molar-refractivity contribution is -0.712. The lowest BCUT2D eigenvalue weighted by Gasteiger charge is -2.04. The second-order valence-electron chi connectivity index (χ2n) is 7.18. The van der Waals surface area contributed by atoms with E-state index in [9.17, 15) is 0 Å². The van der Waals surface area contributed by atoms with Crippen LogP contribution in [0.15, 0.2) is 73.1 Å². The van der Waals surface area contributed by atoms with Gasteiger partial charge in [-0.3, -0.25) is 0 Å². The molecule has 4 rings (SSSR count). The van der Waals surface area contributed by atoms with Gasteiger partial charge in [0.1, 0.15) is 13.1 Å². The Hall–Kier alpha value is -2.26. The van der Waals surface area contributed by atoms with Gasteiger partial charge in [-0.25, -0.2) is 9.13 Å². The highest BCUT2D eigenvalue weighted by molar-refractivity contribution is 5.81. The standard InChI is InChI=1S/C24H26N2.BrH/c1-19-15-21-9-3-5-11-23(21)17-25(19)13-7-8-14-26-18-24-12-6-4-10-22(24)16-20(26)2;/h3-6,9-12,15-18H,7-8,13-14H2,1-2H3;1H/q+2;/p-1. The molecule has 2 aromatic heterocycles. The molecule has 0 bridgehead atoms. The molecule has 0 aliphatic heterocycles. The fraction of sp³-hybridized carbons (Fsp3) is 0.250. The zero-order valence-electron chi connectivity index (χ0n) is 16.0. The van der Waals surface area contributed by atoms with Gasteiger partial charge in [0.2, 0.25) is 0 Å². The van der Waals surface area contributed by atoms with E-state index in [0.717, 1.165) is 13.1 Å². The molecule has 0 spiro atoms. The Kier molecular flexibility index (Phi) is 6.22. The van der Waals surface area contributed by atoms with Gasteiger partial charge in [0, 0.05) is 49.6 Å². The van der Waals surface area contributed by atoms with Crippen LogP contribution in [0.25, 0.3) is 21.5 Å². The van der Waals surface area contributed by atoms with E-state index in [4.69, 9.17) is 0 Å². The number of aromatic nitrogens is 2. The Morgan fingerprint density at radius 3 is 1.37 bits per heavy atom. The third-order valence-electron chi connectivity index (χ3n) is 5.26. The van der Waals surface area contributed by atoms with E-state index in [1.807, 2.05) is 0 Å². The second-order valence-corrected chi connectivity index (χ2v) is 7.18. The van der Waals surface area contributed by atoms with Crippen LogP contribution in [0.2, 0.25) is 0 Å². The minimum absolute atomic E-state index is 0. The van der Waals surface area contributed by atoms with Crippen molar-refractivity contribution in [2.24, 2.45) is 0 Å². The first-order valence-corrected chi connectivity index (χ1v) is 9.48. The Morgan fingerprint density at radius 1 is 0.593 bits per heavy atom. The van der Waals surface area contributed by atoms with Crippen LogP contribution in [0.3, 0.4) is 0 Å². The maximum atomic E-state index is 2.39. The van der Waals surface area contributed by atoms with Gasteiger partial charge in [-0.1, -0.05) is 36.4 Å². The van der Waals surface area contributed by atoms with Gasteiger partial charge in [-0.15, -0.1) is 0 Å². The van der Waals surface area contributed by atoms with Crippen molar-refractivity contribution in [1.82, 2.24) is 0 Å². The number of benzene rings is 2. The first-order valence-electron chi connectivity index (χ1n) is 9.48. The predicted molar refractivity (Wildman–Crippen MR) is 107 cm³/mol. The average molecular weight is 422 g/mol. The number of halogens is 1. The molecule has 0 radical (unpaired) electrons. The average Bonchev–Trinajstić information content (AvgIpc) is 2.65. The highest BCUT2D eigenvalue weighted by Crippen LogP contribution is 2.13.